The van der Waals surface area contributed by atoms with Crippen LogP contribution in [0.4, 0.5) is 4.79 Å². The van der Waals surface area contributed by atoms with Crippen LogP contribution in [0.5, 0.6) is 0 Å². The molecule has 2 aliphatic rings. The van der Waals surface area contributed by atoms with E-state index in [1.54, 1.807) is 11.2 Å². The van der Waals surface area contributed by atoms with Gasteiger partial charge in [-0.2, -0.15) is 0 Å². The van der Waals surface area contributed by atoms with Crippen molar-refractivity contribution in [2.75, 3.05) is 26.2 Å². The van der Waals surface area contributed by atoms with E-state index < -0.39 is 5.97 Å². The van der Waals surface area contributed by atoms with E-state index in [4.69, 9.17) is 14.3 Å². The number of carbonyl (C=O) groups is 2. The molecule has 1 saturated heterocycles. The maximum atomic E-state index is 12.8. The van der Waals surface area contributed by atoms with E-state index in [9.17, 15) is 9.59 Å². The zero-order valence-electron chi connectivity index (χ0n) is 15.8. The van der Waals surface area contributed by atoms with Crippen LogP contribution in [0.3, 0.4) is 0 Å². The monoisotopic (exact) mass is 379 g/mol. The molecule has 1 saturated carbocycles. The SMILES string of the molecule is CCN(CC(=O)O)C1CC(NC(=O)N(Cc2ccco2)CC2CCCO2)C1. The van der Waals surface area contributed by atoms with Gasteiger partial charge in [0, 0.05) is 25.2 Å². The highest BCUT2D eigenvalue weighted by molar-refractivity contribution is 5.74. The summed E-state index contributed by atoms with van der Waals surface area (Å²) < 4.78 is 11.1. The van der Waals surface area contributed by atoms with Crippen LogP contribution in [-0.2, 0) is 16.1 Å². The van der Waals surface area contributed by atoms with Crippen LogP contribution in [0.25, 0.3) is 0 Å². The molecule has 0 bridgehead atoms. The van der Waals surface area contributed by atoms with Crippen LogP contribution < -0.4 is 5.32 Å². The predicted molar refractivity (Wildman–Crippen MR) is 98.3 cm³/mol. The van der Waals surface area contributed by atoms with Crippen LogP contribution >= 0.6 is 0 Å². The molecule has 150 valence electrons. The fourth-order valence-corrected chi connectivity index (χ4v) is 3.79. The van der Waals surface area contributed by atoms with Gasteiger partial charge in [-0.15, -0.1) is 0 Å². The van der Waals surface area contributed by atoms with Crippen molar-refractivity contribution in [2.45, 2.75) is 57.3 Å². The highest BCUT2D eigenvalue weighted by Gasteiger charge is 2.35. The zero-order chi connectivity index (χ0) is 19.2. The second-order valence-electron chi connectivity index (χ2n) is 7.32. The Labute approximate surface area is 159 Å². The average Bonchev–Trinajstić information content (AvgIpc) is 3.29. The molecule has 2 heterocycles. The van der Waals surface area contributed by atoms with Crippen molar-refractivity contribution in [3.63, 3.8) is 0 Å². The number of aliphatic carboxylic acids is 1. The summed E-state index contributed by atoms with van der Waals surface area (Å²) >= 11 is 0. The third-order valence-electron chi connectivity index (χ3n) is 5.36. The Kier molecular flexibility index (Phi) is 6.73. The number of hydrogen-bond donors (Lipinski definition) is 2. The first kappa shape index (κ1) is 19.7. The summed E-state index contributed by atoms with van der Waals surface area (Å²) in [6, 6.07) is 3.85. The summed E-state index contributed by atoms with van der Waals surface area (Å²) in [7, 11) is 0. The molecule has 1 aliphatic heterocycles. The number of ether oxygens (including phenoxy) is 1. The second-order valence-corrected chi connectivity index (χ2v) is 7.32. The highest BCUT2D eigenvalue weighted by atomic mass is 16.5. The van der Waals surface area contributed by atoms with Gasteiger partial charge in [0.1, 0.15) is 5.76 Å². The lowest BCUT2D eigenvalue weighted by atomic mass is 9.85. The molecule has 0 spiro atoms. The number of carbonyl (C=O) groups excluding carboxylic acids is 1. The molecule has 8 nitrogen and oxygen atoms in total. The molecule has 1 aromatic rings. The van der Waals surface area contributed by atoms with Crippen LogP contribution in [-0.4, -0.2) is 71.3 Å². The Morgan fingerprint density at radius 1 is 1.37 bits per heavy atom. The van der Waals surface area contributed by atoms with E-state index in [2.05, 4.69) is 5.32 Å². The number of urea groups is 1. The Hall–Kier alpha value is -2.06. The Balaban J connectivity index is 1.51. The van der Waals surface area contributed by atoms with Gasteiger partial charge in [-0.3, -0.25) is 9.69 Å². The van der Waals surface area contributed by atoms with Crippen LogP contribution in [0.1, 0.15) is 38.4 Å². The standard InChI is InChI=1S/C19H29N3O5/c1-2-21(13-18(23)24)15-9-14(10-15)20-19(25)22(11-16-5-3-7-26-16)12-17-6-4-8-27-17/h3,5,7,14-15,17H,2,4,6,8-13H2,1H3,(H,20,25)(H,23,24). The fraction of sp³-hybridized carbons (Fsp3) is 0.684. The first-order valence-electron chi connectivity index (χ1n) is 9.70. The lowest BCUT2D eigenvalue weighted by molar-refractivity contribution is -0.139. The molecule has 1 aliphatic carbocycles. The van der Waals surface area contributed by atoms with E-state index in [-0.39, 0.29) is 30.8 Å². The van der Waals surface area contributed by atoms with Gasteiger partial charge >= 0.3 is 12.0 Å². The minimum Gasteiger partial charge on any atom is -0.480 e. The van der Waals surface area contributed by atoms with Gasteiger partial charge in [0.05, 0.1) is 25.5 Å². The fourth-order valence-electron chi connectivity index (χ4n) is 3.79. The first-order valence-corrected chi connectivity index (χ1v) is 9.70. The Morgan fingerprint density at radius 3 is 2.78 bits per heavy atom. The average molecular weight is 379 g/mol. The van der Waals surface area contributed by atoms with E-state index in [1.807, 2.05) is 24.0 Å². The molecule has 2 fully saturated rings. The number of carboxylic acid groups (broad SMARTS) is 1. The number of likely N-dealkylation sites (N-methyl/N-ethyl adjacent to an activating group) is 1. The number of nitrogens with one attached hydrogen (secondary N) is 1. The van der Waals surface area contributed by atoms with Crippen molar-refractivity contribution >= 4 is 12.0 Å². The van der Waals surface area contributed by atoms with Crippen molar-refractivity contribution in [2.24, 2.45) is 0 Å². The van der Waals surface area contributed by atoms with Gasteiger partial charge in [0.2, 0.25) is 0 Å². The van der Waals surface area contributed by atoms with E-state index in [0.29, 0.717) is 19.6 Å². The molecular weight excluding hydrogens is 350 g/mol. The summed E-state index contributed by atoms with van der Waals surface area (Å²) in [6.45, 7) is 4.41. The molecule has 3 rings (SSSR count). The third kappa shape index (κ3) is 5.46. The predicted octanol–water partition coefficient (Wildman–Crippen LogP) is 1.91. The van der Waals surface area contributed by atoms with E-state index in [0.717, 1.165) is 38.1 Å². The highest BCUT2D eigenvalue weighted by Crippen LogP contribution is 2.26. The molecule has 1 atom stereocenters. The van der Waals surface area contributed by atoms with Crippen molar-refractivity contribution in [3.8, 4) is 0 Å². The van der Waals surface area contributed by atoms with E-state index in [1.165, 1.54) is 0 Å². The smallest absolute Gasteiger partial charge is 0.318 e. The summed E-state index contributed by atoms with van der Waals surface area (Å²) in [5, 5.41) is 12.1. The largest absolute Gasteiger partial charge is 0.480 e. The summed E-state index contributed by atoms with van der Waals surface area (Å²) in [5.41, 5.74) is 0. The number of furan rings is 1. The van der Waals surface area contributed by atoms with Gasteiger partial charge in [0.15, 0.2) is 0 Å². The quantitative estimate of drug-likeness (QED) is 0.681. The van der Waals surface area contributed by atoms with E-state index >= 15 is 0 Å². The van der Waals surface area contributed by atoms with Crippen molar-refractivity contribution in [1.29, 1.82) is 0 Å². The van der Waals surface area contributed by atoms with Gasteiger partial charge in [0.25, 0.3) is 0 Å². The number of carboxylic acids is 1. The lowest BCUT2D eigenvalue weighted by Gasteiger charge is -2.42. The van der Waals surface area contributed by atoms with Crippen molar-refractivity contribution in [1.82, 2.24) is 15.1 Å². The van der Waals surface area contributed by atoms with Crippen LogP contribution in [0.15, 0.2) is 22.8 Å². The normalized spacial score (nSPS) is 24.6. The summed E-state index contributed by atoms with van der Waals surface area (Å²) in [4.78, 5) is 27.4. The molecule has 2 amide bonds. The number of nitrogens with zero attached hydrogens (tertiary/aromatic N) is 2. The summed E-state index contributed by atoms with van der Waals surface area (Å²) in [5.74, 6) is -0.0706. The zero-order valence-corrected chi connectivity index (χ0v) is 15.8. The molecule has 0 aromatic carbocycles. The molecule has 2 N–H and O–H groups in total. The second kappa shape index (κ2) is 9.23. The van der Waals surface area contributed by atoms with Gasteiger partial charge in [-0.1, -0.05) is 6.92 Å². The van der Waals surface area contributed by atoms with Gasteiger partial charge < -0.3 is 24.5 Å². The summed E-state index contributed by atoms with van der Waals surface area (Å²) in [6.07, 6.45) is 5.24. The molecule has 1 unspecified atom stereocenters. The number of rotatable bonds is 9. The van der Waals surface area contributed by atoms with Crippen molar-refractivity contribution in [3.05, 3.63) is 24.2 Å². The number of hydrogen-bond acceptors (Lipinski definition) is 5. The molecule has 1 aromatic heterocycles. The molecule has 8 heteroatoms. The topological polar surface area (TPSA) is 95.3 Å². The molecule has 27 heavy (non-hydrogen) atoms. The van der Waals surface area contributed by atoms with Gasteiger partial charge in [-0.25, -0.2) is 4.79 Å². The lowest BCUT2D eigenvalue weighted by Crippen LogP contribution is -2.57. The Bertz CT molecular complexity index is 609. The van der Waals surface area contributed by atoms with Crippen LogP contribution in [0.2, 0.25) is 0 Å². The maximum Gasteiger partial charge on any atom is 0.318 e. The van der Waals surface area contributed by atoms with Crippen LogP contribution in [0, 0.1) is 0 Å². The maximum absolute atomic E-state index is 12.8. The van der Waals surface area contributed by atoms with Crippen molar-refractivity contribution < 1.29 is 23.8 Å². The third-order valence-corrected chi connectivity index (χ3v) is 5.36. The Morgan fingerprint density at radius 2 is 2.19 bits per heavy atom. The minimum absolute atomic E-state index is 0.0471. The molecule has 0 radical (unpaired) electrons. The van der Waals surface area contributed by atoms with Gasteiger partial charge in [-0.05, 0) is 44.4 Å². The minimum atomic E-state index is -0.814. The number of amides is 2. The molecular formula is C19H29N3O5. The first-order chi connectivity index (χ1) is 13.0.